The molecule has 2 rings (SSSR count). The van der Waals surface area contributed by atoms with Crippen molar-refractivity contribution in [1.29, 1.82) is 0 Å². The number of rotatable bonds is 4. The molecule has 1 aliphatic rings. The van der Waals surface area contributed by atoms with Gasteiger partial charge in [0.2, 0.25) is 5.91 Å². The third kappa shape index (κ3) is 4.04. The minimum Gasteiger partial charge on any atom is -0.349 e. The minimum atomic E-state index is -0.642. The normalized spacial score (nSPS) is 16.2. The standard InChI is InChI=1S/C16H23N3O2/c1-16(2,3)13(17)15(21)19-12-7-5-4-6-11(12)14(20)18-10-8-9-10/h4-7,10,13H,8-9,17H2,1-3H3,(H,18,20)(H,19,21)/t13-/m0/s1. The Bertz CT molecular complexity index is 545. The Kier molecular flexibility index (Phi) is 4.32. The number of anilines is 1. The molecule has 1 fully saturated rings. The van der Waals surface area contributed by atoms with E-state index in [1.165, 1.54) is 0 Å². The van der Waals surface area contributed by atoms with Gasteiger partial charge in [0.15, 0.2) is 0 Å². The highest BCUT2D eigenvalue weighted by atomic mass is 16.2. The largest absolute Gasteiger partial charge is 0.349 e. The monoisotopic (exact) mass is 289 g/mol. The summed E-state index contributed by atoms with van der Waals surface area (Å²) in [6.07, 6.45) is 2.05. The molecule has 0 saturated heterocycles. The highest BCUT2D eigenvalue weighted by molar-refractivity contribution is 6.05. The van der Waals surface area contributed by atoms with Gasteiger partial charge in [-0.25, -0.2) is 0 Å². The van der Waals surface area contributed by atoms with Gasteiger partial charge in [0, 0.05) is 6.04 Å². The Balaban J connectivity index is 2.12. The molecule has 4 N–H and O–H groups in total. The minimum absolute atomic E-state index is 0.155. The van der Waals surface area contributed by atoms with E-state index < -0.39 is 6.04 Å². The molecule has 0 aromatic heterocycles. The fourth-order valence-corrected chi connectivity index (χ4v) is 1.88. The van der Waals surface area contributed by atoms with Gasteiger partial charge in [0.05, 0.1) is 17.3 Å². The summed E-state index contributed by atoms with van der Waals surface area (Å²) in [4.78, 5) is 24.4. The van der Waals surface area contributed by atoms with Crippen molar-refractivity contribution in [2.75, 3.05) is 5.32 Å². The molecule has 21 heavy (non-hydrogen) atoms. The predicted octanol–water partition coefficient (Wildman–Crippen LogP) is 1.89. The van der Waals surface area contributed by atoms with Crippen LogP contribution in [0.15, 0.2) is 24.3 Å². The number of amides is 2. The summed E-state index contributed by atoms with van der Waals surface area (Å²) in [6.45, 7) is 5.72. The predicted molar refractivity (Wildman–Crippen MR) is 83.0 cm³/mol. The average Bonchev–Trinajstić information content (AvgIpc) is 3.21. The molecule has 1 atom stereocenters. The van der Waals surface area contributed by atoms with Gasteiger partial charge in [-0.15, -0.1) is 0 Å². The lowest BCUT2D eigenvalue weighted by Gasteiger charge is -2.26. The first-order valence-electron chi connectivity index (χ1n) is 7.25. The third-order valence-corrected chi connectivity index (χ3v) is 3.56. The number of benzene rings is 1. The van der Waals surface area contributed by atoms with E-state index in [1.807, 2.05) is 20.8 Å². The summed E-state index contributed by atoms with van der Waals surface area (Å²) in [5.74, 6) is -0.438. The first-order valence-corrected chi connectivity index (χ1v) is 7.25. The first kappa shape index (κ1) is 15.5. The molecule has 0 heterocycles. The van der Waals surface area contributed by atoms with E-state index in [4.69, 9.17) is 5.73 Å². The Morgan fingerprint density at radius 2 is 1.86 bits per heavy atom. The van der Waals surface area contributed by atoms with Gasteiger partial charge < -0.3 is 16.4 Å². The number of carbonyl (C=O) groups is 2. The molecule has 0 aliphatic heterocycles. The summed E-state index contributed by atoms with van der Waals surface area (Å²) in [5, 5.41) is 5.69. The molecule has 0 unspecified atom stereocenters. The second kappa shape index (κ2) is 5.85. The van der Waals surface area contributed by atoms with E-state index in [0.29, 0.717) is 11.3 Å². The van der Waals surface area contributed by atoms with Crippen LogP contribution in [0.4, 0.5) is 5.69 Å². The number of carbonyl (C=O) groups excluding carboxylic acids is 2. The van der Waals surface area contributed by atoms with Gasteiger partial charge in [0.1, 0.15) is 0 Å². The molecule has 1 aromatic carbocycles. The fourth-order valence-electron chi connectivity index (χ4n) is 1.88. The van der Waals surface area contributed by atoms with Crippen molar-refractivity contribution < 1.29 is 9.59 Å². The van der Waals surface area contributed by atoms with Crippen LogP contribution >= 0.6 is 0 Å². The average molecular weight is 289 g/mol. The summed E-state index contributed by atoms with van der Waals surface area (Å²) in [5.41, 5.74) is 6.58. The topological polar surface area (TPSA) is 84.2 Å². The summed E-state index contributed by atoms with van der Waals surface area (Å²) in [6, 6.07) is 6.62. The van der Waals surface area contributed by atoms with Crippen molar-refractivity contribution in [3.05, 3.63) is 29.8 Å². The van der Waals surface area contributed by atoms with Crippen LogP contribution in [0.3, 0.4) is 0 Å². The number of hydrogen-bond acceptors (Lipinski definition) is 3. The van der Waals surface area contributed by atoms with E-state index in [0.717, 1.165) is 12.8 Å². The smallest absolute Gasteiger partial charge is 0.253 e. The summed E-state index contributed by atoms with van der Waals surface area (Å²) >= 11 is 0. The van der Waals surface area contributed by atoms with Crippen LogP contribution in [0.1, 0.15) is 44.0 Å². The first-order chi connectivity index (χ1) is 9.79. The SMILES string of the molecule is CC(C)(C)[C@@H](N)C(=O)Nc1ccccc1C(=O)NC1CC1. The van der Waals surface area contributed by atoms with Crippen LogP contribution in [0, 0.1) is 5.41 Å². The summed E-state index contributed by atoms with van der Waals surface area (Å²) in [7, 11) is 0. The number of para-hydroxylation sites is 1. The van der Waals surface area contributed by atoms with Gasteiger partial charge in [-0.2, -0.15) is 0 Å². The van der Waals surface area contributed by atoms with Crippen LogP contribution in [0.2, 0.25) is 0 Å². The molecule has 5 heteroatoms. The van der Waals surface area contributed by atoms with E-state index in [9.17, 15) is 9.59 Å². The van der Waals surface area contributed by atoms with Gasteiger partial charge in [0.25, 0.3) is 5.91 Å². The lowest BCUT2D eigenvalue weighted by Crippen LogP contribution is -2.45. The van der Waals surface area contributed by atoms with Crippen LogP contribution in [0.25, 0.3) is 0 Å². The summed E-state index contributed by atoms with van der Waals surface area (Å²) < 4.78 is 0. The lowest BCUT2D eigenvalue weighted by molar-refractivity contribution is -0.119. The second-order valence-corrected chi connectivity index (χ2v) is 6.63. The third-order valence-electron chi connectivity index (χ3n) is 3.56. The van der Waals surface area contributed by atoms with Crippen molar-refractivity contribution in [2.24, 2.45) is 11.1 Å². The highest BCUT2D eigenvalue weighted by Crippen LogP contribution is 2.23. The molecule has 5 nitrogen and oxygen atoms in total. The fraction of sp³-hybridized carbons (Fsp3) is 0.500. The molecular weight excluding hydrogens is 266 g/mol. The molecule has 0 bridgehead atoms. The number of nitrogens with two attached hydrogens (primary N) is 1. The van der Waals surface area contributed by atoms with Crippen molar-refractivity contribution in [1.82, 2.24) is 5.32 Å². The Hall–Kier alpha value is -1.88. The molecule has 1 aliphatic carbocycles. The highest BCUT2D eigenvalue weighted by Gasteiger charge is 2.29. The van der Waals surface area contributed by atoms with Crippen LogP contribution in [-0.2, 0) is 4.79 Å². The maximum Gasteiger partial charge on any atom is 0.253 e. The molecule has 2 amide bonds. The van der Waals surface area contributed by atoms with Gasteiger partial charge >= 0.3 is 0 Å². The van der Waals surface area contributed by atoms with Crippen LogP contribution in [-0.4, -0.2) is 23.9 Å². The van der Waals surface area contributed by atoms with Crippen LogP contribution in [0.5, 0.6) is 0 Å². The molecule has 0 radical (unpaired) electrons. The Labute approximate surface area is 125 Å². The maximum absolute atomic E-state index is 12.2. The Morgan fingerprint density at radius 3 is 2.43 bits per heavy atom. The maximum atomic E-state index is 12.2. The van der Waals surface area contributed by atoms with Gasteiger partial charge in [-0.3, -0.25) is 9.59 Å². The zero-order chi connectivity index (χ0) is 15.6. The van der Waals surface area contributed by atoms with E-state index in [2.05, 4.69) is 10.6 Å². The van der Waals surface area contributed by atoms with E-state index in [1.54, 1.807) is 24.3 Å². The second-order valence-electron chi connectivity index (χ2n) is 6.63. The lowest BCUT2D eigenvalue weighted by atomic mass is 9.87. The molecule has 1 aromatic rings. The molecule has 0 spiro atoms. The molecular formula is C16H23N3O2. The van der Waals surface area contributed by atoms with Gasteiger partial charge in [-0.1, -0.05) is 32.9 Å². The van der Waals surface area contributed by atoms with Crippen molar-refractivity contribution in [3.63, 3.8) is 0 Å². The van der Waals surface area contributed by atoms with E-state index >= 15 is 0 Å². The quantitative estimate of drug-likeness (QED) is 0.791. The van der Waals surface area contributed by atoms with Crippen molar-refractivity contribution >= 4 is 17.5 Å². The zero-order valence-electron chi connectivity index (χ0n) is 12.8. The Morgan fingerprint density at radius 1 is 1.24 bits per heavy atom. The van der Waals surface area contributed by atoms with Gasteiger partial charge in [-0.05, 0) is 30.4 Å². The van der Waals surface area contributed by atoms with Crippen LogP contribution < -0.4 is 16.4 Å². The zero-order valence-corrected chi connectivity index (χ0v) is 12.8. The van der Waals surface area contributed by atoms with Crippen molar-refractivity contribution in [3.8, 4) is 0 Å². The van der Waals surface area contributed by atoms with E-state index in [-0.39, 0.29) is 23.3 Å². The van der Waals surface area contributed by atoms with Crippen molar-refractivity contribution in [2.45, 2.75) is 45.7 Å². The molecule has 1 saturated carbocycles. The molecule has 114 valence electrons. The number of hydrogen-bond donors (Lipinski definition) is 3. The number of nitrogens with one attached hydrogen (secondary N) is 2.